The van der Waals surface area contributed by atoms with Gasteiger partial charge in [0.15, 0.2) is 0 Å². The molecular formula is C13H20FN3O. The molecule has 4 nitrogen and oxygen atoms in total. The number of hydrogen-bond donors (Lipinski definition) is 2. The summed E-state index contributed by atoms with van der Waals surface area (Å²) in [4.78, 5) is 13.3. The predicted molar refractivity (Wildman–Crippen MR) is 70.4 cm³/mol. The second-order valence-corrected chi connectivity index (χ2v) is 4.70. The fraction of sp³-hybridized carbons (Fsp3) is 0.462. The maximum Gasteiger partial charge on any atom is 0.234 e. The highest BCUT2D eigenvalue weighted by molar-refractivity contribution is 5.78. The molecule has 0 atom stereocenters. The molecule has 0 spiro atoms. The molecule has 18 heavy (non-hydrogen) atoms. The number of carbonyl (C=O) groups is 1. The van der Waals surface area contributed by atoms with E-state index in [1.54, 1.807) is 24.1 Å². The summed E-state index contributed by atoms with van der Waals surface area (Å²) < 4.78 is 13.6. The number of nitrogen functional groups attached to an aromatic ring is 1. The highest BCUT2D eigenvalue weighted by Gasteiger charge is 2.12. The zero-order valence-corrected chi connectivity index (χ0v) is 11.0. The van der Waals surface area contributed by atoms with Crippen molar-refractivity contribution in [3.8, 4) is 0 Å². The lowest BCUT2D eigenvalue weighted by Crippen LogP contribution is -2.38. The Balaban J connectivity index is 2.59. The minimum Gasteiger partial charge on any atom is -0.398 e. The molecule has 0 aliphatic rings. The van der Waals surface area contributed by atoms with Crippen molar-refractivity contribution < 1.29 is 9.18 Å². The molecule has 0 unspecified atom stereocenters. The van der Waals surface area contributed by atoms with Crippen molar-refractivity contribution in [1.82, 2.24) is 10.2 Å². The largest absolute Gasteiger partial charge is 0.398 e. The molecule has 5 heteroatoms. The van der Waals surface area contributed by atoms with Crippen LogP contribution >= 0.6 is 0 Å². The highest BCUT2D eigenvalue weighted by atomic mass is 19.1. The Kier molecular flexibility index (Phi) is 5.09. The highest BCUT2D eigenvalue weighted by Crippen LogP contribution is 2.16. The first kappa shape index (κ1) is 14.4. The number of hydrogen-bond acceptors (Lipinski definition) is 3. The van der Waals surface area contributed by atoms with E-state index in [2.05, 4.69) is 5.32 Å². The minimum absolute atomic E-state index is 0.0811. The number of carbonyl (C=O) groups excluding carboxylic acids is 1. The zero-order valence-electron chi connectivity index (χ0n) is 11.0. The molecule has 0 heterocycles. The topological polar surface area (TPSA) is 58.4 Å². The number of rotatable bonds is 5. The lowest BCUT2D eigenvalue weighted by atomic mass is 10.1. The van der Waals surface area contributed by atoms with Crippen molar-refractivity contribution in [3.05, 3.63) is 29.6 Å². The number of benzene rings is 1. The Morgan fingerprint density at radius 1 is 1.50 bits per heavy atom. The number of nitrogens with two attached hydrogens (primary N) is 1. The summed E-state index contributed by atoms with van der Waals surface area (Å²) in [6.07, 6.45) is 0. The molecule has 0 radical (unpaired) electrons. The summed E-state index contributed by atoms with van der Waals surface area (Å²) in [6.45, 7) is 4.31. The Hall–Kier alpha value is -1.62. The van der Waals surface area contributed by atoms with Gasteiger partial charge in [0.05, 0.1) is 6.54 Å². The van der Waals surface area contributed by atoms with E-state index in [1.807, 2.05) is 13.8 Å². The second-order valence-electron chi connectivity index (χ2n) is 4.70. The fourth-order valence-electron chi connectivity index (χ4n) is 1.68. The Bertz CT molecular complexity index is 400. The molecule has 0 aliphatic heterocycles. The van der Waals surface area contributed by atoms with Gasteiger partial charge in [0, 0.05) is 23.8 Å². The van der Waals surface area contributed by atoms with Crippen molar-refractivity contribution >= 4 is 11.6 Å². The standard InChI is InChI=1S/C13H20FN3O/c1-9(2)16-13(18)8-17(3)7-10-11(14)5-4-6-12(10)15/h4-6,9H,7-8,15H2,1-3H3,(H,16,18). The van der Waals surface area contributed by atoms with Crippen LogP contribution in [0, 0.1) is 5.82 Å². The van der Waals surface area contributed by atoms with Gasteiger partial charge in [0.25, 0.3) is 0 Å². The number of likely N-dealkylation sites (N-methyl/N-ethyl adjacent to an activating group) is 1. The van der Waals surface area contributed by atoms with Crippen LogP contribution in [-0.2, 0) is 11.3 Å². The van der Waals surface area contributed by atoms with Gasteiger partial charge in [0.2, 0.25) is 5.91 Å². The number of nitrogens with one attached hydrogen (secondary N) is 1. The quantitative estimate of drug-likeness (QED) is 0.779. The molecule has 100 valence electrons. The van der Waals surface area contributed by atoms with Crippen LogP contribution < -0.4 is 11.1 Å². The lowest BCUT2D eigenvalue weighted by Gasteiger charge is -2.18. The molecule has 0 aliphatic carbocycles. The molecule has 0 saturated heterocycles. The number of nitrogens with zero attached hydrogens (tertiary/aromatic N) is 1. The Morgan fingerprint density at radius 2 is 2.17 bits per heavy atom. The van der Waals surface area contributed by atoms with Gasteiger partial charge in [-0.15, -0.1) is 0 Å². The van der Waals surface area contributed by atoms with Crippen LogP contribution in [0.5, 0.6) is 0 Å². The van der Waals surface area contributed by atoms with Crippen LogP contribution in [0.2, 0.25) is 0 Å². The molecule has 3 N–H and O–H groups in total. The van der Waals surface area contributed by atoms with Crippen molar-refractivity contribution in [1.29, 1.82) is 0 Å². The second kappa shape index (κ2) is 6.35. The van der Waals surface area contributed by atoms with Crippen LogP contribution in [0.3, 0.4) is 0 Å². The molecule has 0 bridgehead atoms. The van der Waals surface area contributed by atoms with Crippen LogP contribution in [0.4, 0.5) is 10.1 Å². The van der Waals surface area contributed by atoms with Gasteiger partial charge in [-0.25, -0.2) is 4.39 Å². The first-order chi connectivity index (χ1) is 8.40. The van der Waals surface area contributed by atoms with Crippen LogP contribution in [0.1, 0.15) is 19.4 Å². The normalized spacial score (nSPS) is 11.0. The van der Waals surface area contributed by atoms with Crippen LogP contribution in [0.15, 0.2) is 18.2 Å². The third kappa shape index (κ3) is 4.33. The summed E-state index contributed by atoms with van der Waals surface area (Å²) in [5.41, 5.74) is 6.55. The maximum absolute atomic E-state index is 13.6. The van der Waals surface area contributed by atoms with Crippen LogP contribution in [0.25, 0.3) is 0 Å². The van der Waals surface area contributed by atoms with Gasteiger partial charge >= 0.3 is 0 Å². The van der Waals surface area contributed by atoms with Crippen molar-refractivity contribution in [2.45, 2.75) is 26.4 Å². The molecule has 0 aromatic heterocycles. The first-order valence-electron chi connectivity index (χ1n) is 5.91. The summed E-state index contributed by atoms with van der Waals surface area (Å²) in [5.74, 6) is -0.423. The molecule has 0 fully saturated rings. The molecular weight excluding hydrogens is 233 g/mol. The van der Waals surface area contributed by atoms with E-state index in [9.17, 15) is 9.18 Å². The van der Waals surface area contributed by atoms with E-state index in [-0.39, 0.29) is 24.3 Å². The molecule has 1 rings (SSSR count). The molecule has 1 aromatic carbocycles. The van der Waals surface area contributed by atoms with Crippen molar-refractivity contribution in [3.63, 3.8) is 0 Å². The number of anilines is 1. The first-order valence-corrected chi connectivity index (χ1v) is 5.91. The SMILES string of the molecule is CC(C)NC(=O)CN(C)Cc1c(N)cccc1F. The average molecular weight is 253 g/mol. The summed E-state index contributed by atoms with van der Waals surface area (Å²) in [5, 5.41) is 2.78. The van der Waals surface area contributed by atoms with Crippen molar-refractivity contribution in [2.75, 3.05) is 19.3 Å². The number of amides is 1. The summed E-state index contributed by atoms with van der Waals surface area (Å²) >= 11 is 0. The maximum atomic E-state index is 13.6. The van der Waals surface area contributed by atoms with Gasteiger partial charge in [0.1, 0.15) is 5.82 Å². The van der Waals surface area contributed by atoms with Crippen molar-refractivity contribution in [2.24, 2.45) is 0 Å². The van der Waals surface area contributed by atoms with E-state index >= 15 is 0 Å². The van der Waals surface area contributed by atoms with E-state index in [4.69, 9.17) is 5.73 Å². The van der Waals surface area contributed by atoms with Gasteiger partial charge < -0.3 is 11.1 Å². The summed E-state index contributed by atoms with van der Waals surface area (Å²) in [6, 6.07) is 4.69. The third-order valence-corrected chi connectivity index (χ3v) is 2.45. The van der Waals surface area contributed by atoms with Gasteiger partial charge in [-0.1, -0.05) is 6.07 Å². The molecule has 1 aromatic rings. The average Bonchev–Trinajstić information content (AvgIpc) is 2.22. The summed E-state index contributed by atoms with van der Waals surface area (Å²) in [7, 11) is 1.76. The van der Waals surface area contributed by atoms with Gasteiger partial charge in [-0.2, -0.15) is 0 Å². The molecule has 0 saturated carbocycles. The Labute approximate surface area is 107 Å². The van der Waals surface area contributed by atoms with E-state index in [0.29, 0.717) is 17.8 Å². The minimum atomic E-state index is -0.342. The smallest absolute Gasteiger partial charge is 0.234 e. The predicted octanol–water partition coefficient (Wildman–Crippen LogP) is 1.36. The third-order valence-electron chi connectivity index (χ3n) is 2.45. The lowest BCUT2D eigenvalue weighted by molar-refractivity contribution is -0.122. The van der Waals surface area contributed by atoms with E-state index < -0.39 is 0 Å². The zero-order chi connectivity index (χ0) is 13.7. The monoisotopic (exact) mass is 253 g/mol. The van der Waals surface area contributed by atoms with E-state index in [0.717, 1.165) is 0 Å². The fourth-order valence-corrected chi connectivity index (χ4v) is 1.68. The number of halogens is 1. The van der Waals surface area contributed by atoms with Gasteiger partial charge in [-0.05, 0) is 33.0 Å². The Morgan fingerprint density at radius 3 is 2.72 bits per heavy atom. The molecule has 1 amide bonds. The van der Waals surface area contributed by atoms with Gasteiger partial charge in [-0.3, -0.25) is 9.69 Å². The van der Waals surface area contributed by atoms with Crippen LogP contribution in [-0.4, -0.2) is 30.4 Å². The van der Waals surface area contributed by atoms with E-state index in [1.165, 1.54) is 6.07 Å².